The number of rotatable bonds is 5. The first-order valence-corrected chi connectivity index (χ1v) is 6.43. The Labute approximate surface area is 129 Å². The van der Waals surface area contributed by atoms with Crippen molar-refractivity contribution < 1.29 is 23.6 Å². The van der Waals surface area contributed by atoms with E-state index in [1.54, 1.807) is 0 Å². The van der Waals surface area contributed by atoms with Gasteiger partial charge in [-0.2, -0.15) is 0 Å². The second-order valence-corrected chi connectivity index (χ2v) is 4.41. The van der Waals surface area contributed by atoms with Crippen LogP contribution in [0, 0.1) is 15.9 Å². The van der Waals surface area contributed by atoms with Gasteiger partial charge in [0.05, 0.1) is 10.5 Å². The predicted octanol–water partition coefficient (Wildman–Crippen LogP) is 2.53. The molecule has 23 heavy (non-hydrogen) atoms. The largest absolute Gasteiger partial charge is 0.452 e. The average Bonchev–Trinajstić information content (AvgIpc) is 2.53. The van der Waals surface area contributed by atoms with Gasteiger partial charge in [0, 0.05) is 17.8 Å². The van der Waals surface area contributed by atoms with Gasteiger partial charge in [0.1, 0.15) is 5.82 Å². The van der Waals surface area contributed by atoms with Crippen LogP contribution < -0.4 is 5.32 Å². The first kappa shape index (κ1) is 16.1. The molecule has 0 radical (unpaired) electrons. The van der Waals surface area contributed by atoms with Crippen molar-refractivity contribution >= 4 is 23.3 Å². The van der Waals surface area contributed by atoms with Gasteiger partial charge in [-0.3, -0.25) is 14.9 Å². The van der Waals surface area contributed by atoms with Gasteiger partial charge in [-0.25, -0.2) is 9.18 Å². The fourth-order valence-corrected chi connectivity index (χ4v) is 1.70. The van der Waals surface area contributed by atoms with Crippen molar-refractivity contribution in [3.8, 4) is 0 Å². The molecular formula is C15H11FN2O5. The fourth-order valence-electron chi connectivity index (χ4n) is 1.70. The van der Waals surface area contributed by atoms with Gasteiger partial charge in [0.2, 0.25) is 0 Å². The topological polar surface area (TPSA) is 98.5 Å². The molecule has 0 aliphatic heterocycles. The zero-order valence-electron chi connectivity index (χ0n) is 11.7. The van der Waals surface area contributed by atoms with E-state index >= 15 is 0 Å². The molecule has 0 aromatic heterocycles. The van der Waals surface area contributed by atoms with E-state index in [1.807, 2.05) is 0 Å². The van der Waals surface area contributed by atoms with Crippen LogP contribution in [0.4, 0.5) is 15.8 Å². The van der Waals surface area contributed by atoms with Crippen molar-refractivity contribution in [1.29, 1.82) is 0 Å². The Kier molecular flexibility index (Phi) is 4.98. The van der Waals surface area contributed by atoms with E-state index in [1.165, 1.54) is 42.5 Å². The lowest BCUT2D eigenvalue weighted by Gasteiger charge is -2.07. The molecule has 0 aliphatic rings. The molecule has 2 aromatic carbocycles. The highest BCUT2D eigenvalue weighted by Crippen LogP contribution is 2.15. The standard InChI is InChI=1S/C15H11FN2O5/c16-13-4-2-1-3-12(13)15(20)23-9-14(19)17-10-5-7-11(8-6-10)18(21)22/h1-8H,9H2,(H,17,19). The van der Waals surface area contributed by atoms with E-state index in [0.29, 0.717) is 5.69 Å². The van der Waals surface area contributed by atoms with Gasteiger partial charge in [-0.05, 0) is 24.3 Å². The van der Waals surface area contributed by atoms with Crippen LogP contribution in [0.3, 0.4) is 0 Å². The highest BCUT2D eigenvalue weighted by molar-refractivity contribution is 5.95. The maximum Gasteiger partial charge on any atom is 0.341 e. The van der Waals surface area contributed by atoms with Gasteiger partial charge in [0.15, 0.2) is 6.61 Å². The normalized spacial score (nSPS) is 9.96. The van der Waals surface area contributed by atoms with Crippen molar-refractivity contribution in [3.05, 3.63) is 70.0 Å². The maximum atomic E-state index is 13.4. The monoisotopic (exact) mass is 318 g/mol. The van der Waals surface area contributed by atoms with Crippen molar-refractivity contribution in [2.24, 2.45) is 0 Å². The summed E-state index contributed by atoms with van der Waals surface area (Å²) >= 11 is 0. The molecule has 0 saturated carbocycles. The second kappa shape index (κ2) is 7.12. The van der Waals surface area contributed by atoms with Crippen LogP contribution >= 0.6 is 0 Å². The third-order valence-electron chi connectivity index (χ3n) is 2.79. The number of anilines is 1. The number of amides is 1. The summed E-state index contributed by atoms with van der Waals surface area (Å²) in [6.07, 6.45) is 0. The number of non-ortho nitro benzene ring substituents is 1. The number of nitrogens with zero attached hydrogens (tertiary/aromatic N) is 1. The number of nitro groups is 1. The Morgan fingerprint density at radius 1 is 1.13 bits per heavy atom. The lowest BCUT2D eigenvalue weighted by atomic mass is 10.2. The predicted molar refractivity (Wildman–Crippen MR) is 78.4 cm³/mol. The molecule has 2 rings (SSSR count). The van der Waals surface area contributed by atoms with E-state index in [9.17, 15) is 24.1 Å². The van der Waals surface area contributed by atoms with E-state index in [-0.39, 0.29) is 11.3 Å². The summed E-state index contributed by atoms with van der Waals surface area (Å²) in [7, 11) is 0. The summed E-state index contributed by atoms with van der Waals surface area (Å²) in [5.74, 6) is -2.35. The SMILES string of the molecule is O=C(COC(=O)c1ccccc1F)Nc1ccc([N+](=O)[O-])cc1. The Hall–Kier alpha value is -3.29. The minimum atomic E-state index is -0.957. The number of hydrogen-bond donors (Lipinski definition) is 1. The number of carbonyl (C=O) groups is 2. The number of benzene rings is 2. The summed E-state index contributed by atoms with van der Waals surface area (Å²) in [6.45, 7) is -0.607. The molecule has 0 saturated heterocycles. The second-order valence-electron chi connectivity index (χ2n) is 4.41. The highest BCUT2D eigenvalue weighted by Gasteiger charge is 2.14. The van der Waals surface area contributed by atoms with Crippen LogP contribution in [0.2, 0.25) is 0 Å². The molecule has 1 N–H and O–H groups in total. The molecule has 0 bridgehead atoms. The van der Waals surface area contributed by atoms with Gasteiger partial charge in [0.25, 0.3) is 11.6 Å². The minimum absolute atomic E-state index is 0.117. The minimum Gasteiger partial charge on any atom is -0.452 e. The molecule has 2 aromatic rings. The molecule has 8 heteroatoms. The summed E-state index contributed by atoms with van der Waals surface area (Å²) in [4.78, 5) is 33.2. The van der Waals surface area contributed by atoms with Gasteiger partial charge < -0.3 is 10.1 Å². The molecule has 1 amide bonds. The number of esters is 1. The molecule has 118 valence electrons. The van der Waals surface area contributed by atoms with Crippen molar-refractivity contribution in [1.82, 2.24) is 0 Å². The fraction of sp³-hybridized carbons (Fsp3) is 0.0667. The maximum absolute atomic E-state index is 13.4. The molecule has 0 heterocycles. The Bertz CT molecular complexity index is 746. The summed E-state index contributed by atoms with van der Waals surface area (Å²) in [5.41, 5.74) is -0.0767. The third kappa shape index (κ3) is 4.34. The first-order chi connectivity index (χ1) is 11.0. The summed E-state index contributed by atoms with van der Waals surface area (Å²) in [6, 6.07) is 10.4. The lowest BCUT2D eigenvalue weighted by molar-refractivity contribution is -0.384. The van der Waals surface area contributed by atoms with Crippen molar-refractivity contribution in [3.63, 3.8) is 0 Å². The Morgan fingerprint density at radius 3 is 2.39 bits per heavy atom. The molecule has 0 aliphatic carbocycles. The van der Waals surface area contributed by atoms with E-state index in [2.05, 4.69) is 5.32 Å². The molecule has 0 unspecified atom stereocenters. The van der Waals surface area contributed by atoms with Crippen LogP contribution in [0.15, 0.2) is 48.5 Å². The van der Waals surface area contributed by atoms with Crippen LogP contribution in [0.1, 0.15) is 10.4 Å². The zero-order valence-corrected chi connectivity index (χ0v) is 11.7. The van der Waals surface area contributed by atoms with Crippen molar-refractivity contribution in [2.75, 3.05) is 11.9 Å². The van der Waals surface area contributed by atoms with E-state index in [4.69, 9.17) is 4.74 Å². The van der Waals surface area contributed by atoms with Gasteiger partial charge in [-0.15, -0.1) is 0 Å². The average molecular weight is 318 g/mol. The van der Waals surface area contributed by atoms with Crippen molar-refractivity contribution in [2.45, 2.75) is 0 Å². The number of nitrogens with one attached hydrogen (secondary N) is 1. The van der Waals surface area contributed by atoms with E-state index in [0.717, 1.165) is 6.07 Å². The quantitative estimate of drug-likeness (QED) is 0.519. The Morgan fingerprint density at radius 2 is 1.78 bits per heavy atom. The molecule has 7 nitrogen and oxygen atoms in total. The number of carbonyl (C=O) groups excluding carboxylic acids is 2. The van der Waals surface area contributed by atoms with Crippen LogP contribution in [-0.4, -0.2) is 23.4 Å². The van der Waals surface area contributed by atoms with Crippen LogP contribution in [0.25, 0.3) is 0 Å². The smallest absolute Gasteiger partial charge is 0.341 e. The number of nitro benzene ring substituents is 1. The number of ether oxygens (including phenoxy) is 1. The number of halogens is 1. The Balaban J connectivity index is 1.89. The first-order valence-electron chi connectivity index (χ1n) is 6.43. The van der Waals surface area contributed by atoms with E-state index < -0.39 is 29.2 Å². The summed E-state index contributed by atoms with van der Waals surface area (Å²) in [5, 5.41) is 12.9. The highest BCUT2D eigenvalue weighted by atomic mass is 19.1. The third-order valence-corrected chi connectivity index (χ3v) is 2.79. The molecular weight excluding hydrogens is 307 g/mol. The molecule has 0 spiro atoms. The van der Waals surface area contributed by atoms with Crippen LogP contribution in [0.5, 0.6) is 0 Å². The molecule has 0 atom stereocenters. The molecule has 0 fully saturated rings. The zero-order chi connectivity index (χ0) is 16.8. The lowest BCUT2D eigenvalue weighted by Crippen LogP contribution is -2.21. The van der Waals surface area contributed by atoms with Gasteiger partial charge >= 0.3 is 5.97 Å². The van der Waals surface area contributed by atoms with Crippen LogP contribution in [-0.2, 0) is 9.53 Å². The number of hydrogen-bond acceptors (Lipinski definition) is 5. The summed E-state index contributed by atoms with van der Waals surface area (Å²) < 4.78 is 18.1. The van der Waals surface area contributed by atoms with Gasteiger partial charge in [-0.1, -0.05) is 12.1 Å².